The molecule has 2 aromatic carbocycles. The molecule has 162 valence electrons. The van der Waals surface area contributed by atoms with Crippen LogP contribution in [0.4, 0.5) is 0 Å². The van der Waals surface area contributed by atoms with Gasteiger partial charge in [-0.1, -0.05) is 37.6 Å². The number of aromatic nitrogens is 1. The molecule has 6 nitrogen and oxygen atoms in total. The third kappa shape index (κ3) is 6.21. The third-order valence-corrected chi connectivity index (χ3v) is 5.29. The van der Waals surface area contributed by atoms with E-state index in [1.54, 1.807) is 6.92 Å². The van der Waals surface area contributed by atoms with Crippen LogP contribution < -0.4 is 5.73 Å². The van der Waals surface area contributed by atoms with Gasteiger partial charge >= 0.3 is 11.9 Å². The van der Waals surface area contributed by atoms with Crippen molar-refractivity contribution in [3.63, 3.8) is 0 Å². The van der Waals surface area contributed by atoms with E-state index in [1.807, 2.05) is 36.4 Å². The highest BCUT2D eigenvalue weighted by Gasteiger charge is 2.15. The maximum atomic E-state index is 11.0. The van der Waals surface area contributed by atoms with Crippen LogP contribution in [0.1, 0.15) is 45.1 Å². The standard InChI is InChI=1S/C15H12ClNO2.C8H17NO2/c1-8(15(18)19)9-2-4-11-12-7-10(16)3-5-13(12)17-14(11)6-9;1-6(2)3-7(5-9)4-8(10)11/h2-8,17H,1H3,(H,18,19);6-7H,3-5,9H2,1-2H3,(H,10,11)/t;7-/m.0/s1. The maximum Gasteiger partial charge on any atom is 0.310 e. The highest BCUT2D eigenvalue weighted by Crippen LogP contribution is 2.30. The van der Waals surface area contributed by atoms with Crippen molar-refractivity contribution in [2.45, 2.75) is 39.5 Å². The molecule has 0 bridgehead atoms. The monoisotopic (exact) mass is 432 g/mol. The number of carboxylic acid groups (broad SMARTS) is 2. The summed E-state index contributed by atoms with van der Waals surface area (Å²) in [5, 5.41) is 20.3. The van der Waals surface area contributed by atoms with E-state index in [0.717, 1.165) is 33.8 Å². The van der Waals surface area contributed by atoms with Crippen molar-refractivity contribution in [3.8, 4) is 0 Å². The van der Waals surface area contributed by atoms with Crippen LogP contribution >= 0.6 is 11.6 Å². The van der Waals surface area contributed by atoms with Gasteiger partial charge in [0.25, 0.3) is 0 Å². The Morgan fingerprint density at radius 2 is 1.73 bits per heavy atom. The number of hydrogen-bond acceptors (Lipinski definition) is 3. The molecule has 0 aliphatic heterocycles. The molecule has 3 rings (SSSR count). The molecule has 0 amide bonds. The van der Waals surface area contributed by atoms with Crippen LogP contribution in [0.5, 0.6) is 0 Å². The van der Waals surface area contributed by atoms with E-state index in [9.17, 15) is 9.59 Å². The Morgan fingerprint density at radius 1 is 1.03 bits per heavy atom. The fourth-order valence-electron chi connectivity index (χ4n) is 3.48. The quantitative estimate of drug-likeness (QED) is 0.407. The van der Waals surface area contributed by atoms with E-state index in [1.165, 1.54) is 0 Å². The summed E-state index contributed by atoms with van der Waals surface area (Å²) in [6.07, 6.45) is 1.11. The van der Waals surface area contributed by atoms with Gasteiger partial charge in [0.1, 0.15) is 0 Å². The van der Waals surface area contributed by atoms with Crippen LogP contribution in [-0.2, 0) is 9.59 Å². The first kappa shape index (κ1) is 23.7. The van der Waals surface area contributed by atoms with Gasteiger partial charge in [0.2, 0.25) is 0 Å². The largest absolute Gasteiger partial charge is 0.481 e. The smallest absolute Gasteiger partial charge is 0.310 e. The van der Waals surface area contributed by atoms with E-state index in [0.29, 0.717) is 17.5 Å². The molecule has 3 aromatic rings. The number of halogens is 1. The van der Waals surface area contributed by atoms with Crippen molar-refractivity contribution in [2.75, 3.05) is 6.54 Å². The number of fused-ring (bicyclic) bond motifs is 3. The first-order valence-electron chi connectivity index (χ1n) is 9.97. The molecule has 0 saturated heterocycles. The topological polar surface area (TPSA) is 116 Å². The second-order valence-corrected chi connectivity index (χ2v) is 8.45. The highest BCUT2D eigenvalue weighted by molar-refractivity contribution is 6.31. The van der Waals surface area contributed by atoms with Gasteiger partial charge in [-0.15, -0.1) is 0 Å². The summed E-state index contributed by atoms with van der Waals surface area (Å²) in [6.45, 7) is 6.31. The third-order valence-electron chi connectivity index (χ3n) is 5.06. The van der Waals surface area contributed by atoms with E-state index >= 15 is 0 Å². The normalized spacial score (nSPS) is 13.1. The summed E-state index contributed by atoms with van der Waals surface area (Å²) in [5.74, 6) is -1.41. The molecule has 30 heavy (non-hydrogen) atoms. The van der Waals surface area contributed by atoms with Crippen LogP contribution in [0.25, 0.3) is 21.8 Å². The van der Waals surface area contributed by atoms with Crippen molar-refractivity contribution in [1.29, 1.82) is 0 Å². The van der Waals surface area contributed by atoms with Gasteiger partial charge in [-0.2, -0.15) is 0 Å². The molecule has 1 heterocycles. The minimum Gasteiger partial charge on any atom is -0.481 e. The summed E-state index contributed by atoms with van der Waals surface area (Å²) >= 11 is 6.01. The second-order valence-electron chi connectivity index (χ2n) is 8.01. The van der Waals surface area contributed by atoms with Crippen molar-refractivity contribution in [1.82, 2.24) is 4.98 Å². The van der Waals surface area contributed by atoms with E-state index in [4.69, 9.17) is 27.5 Å². The summed E-state index contributed by atoms with van der Waals surface area (Å²) in [7, 11) is 0. The summed E-state index contributed by atoms with van der Waals surface area (Å²) in [4.78, 5) is 24.6. The number of hydrogen-bond donors (Lipinski definition) is 4. The van der Waals surface area contributed by atoms with Crippen LogP contribution in [0, 0.1) is 11.8 Å². The van der Waals surface area contributed by atoms with Gasteiger partial charge in [-0.05, 0) is 61.6 Å². The predicted molar refractivity (Wildman–Crippen MR) is 121 cm³/mol. The highest BCUT2D eigenvalue weighted by atomic mass is 35.5. The van der Waals surface area contributed by atoms with E-state index in [-0.39, 0.29) is 12.3 Å². The average Bonchev–Trinajstić information content (AvgIpc) is 3.03. The zero-order chi connectivity index (χ0) is 22.4. The Labute approximate surface area is 181 Å². The lowest BCUT2D eigenvalue weighted by molar-refractivity contribution is -0.139. The van der Waals surface area contributed by atoms with Crippen LogP contribution in [-0.4, -0.2) is 33.7 Å². The molecule has 0 fully saturated rings. The van der Waals surface area contributed by atoms with Gasteiger partial charge in [-0.3, -0.25) is 9.59 Å². The van der Waals surface area contributed by atoms with Gasteiger partial charge in [-0.25, -0.2) is 0 Å². The number of benzene rings is 2. The molecule has 0 radical (unpaired) electrons. The van der Waals surface area contributed by atoms with Gasteiger partial charge in [0.05, 0.1) is 5.92 Å². The lowest BCUT2D eigenvalue weighted by Gasteiger charge is -2.13. The fraction of sp³-hybridized carbons (Fsp3) is 0.391. The number of nitrogens with two attached hydrogens (primary N) is 1. The lowest BCUT2D eigenvalue weighted by Crippen LogP contribution is -2.19. The first-order chi connectivity index (χ1) is 14.1. The average molecular weight is 433 g/mol. The minimum absolute atomic E-state index is 0.146. The van der Waals surface area contributed by atoms with Gasteiger partial charge < -0.3 is 20.9 Å². The minimum atomic E-state index is -0.821. The molecule has 0 saturated carbocycles. The molecule has 0 aliphatic carbocycles. The number of carbonyl (C=O) groups is 2. The number of carboxylic acids is 2. The van der Waals surface area contributed by atoms with Gasteiger partial charge in [0.15, 0.2) is 0 Å². The zero-order valence-electron chi connectivity index (χ0n) is 17.5. The molecule has 0 spiro atoms. The molecule has 1 aromatic heterocycles. The molecule has 7 heteroatoms. The number of aliphatic carboxylic acids is 2. The molecular weight excluding hydrogens is 404 g/mol. The summed E-state index contributed by atoms with van der Waals surface area (Å²) in [6, 6.07) is 11.4. The van der Waals surface area contributed by atoms with E-state index < -0.39 is 17.9 Å². The molecule has 0 aliphatic rings. The Bertz CT molecular complexity index is 1030. The molecule has 1 unspecified atom stereocenters. The Balaban J connectivity index is 0.000000252. The van der Waals surface area contributed by atoms with Crippen molar-refractivity contribution >= 4 is 45.3 Å². The van der Waals surface area contributed by atoms with Crippen molar-refractivity contribution in [2.24, 2.45) is 17.6 Å². The van der Waals surface area contributed by atoms with E-state index in [2.05, 4.69) is 18.8 Å². The lowest BCUT2D eigenvalue weighted by atomic mass is 9.94. The predicted octanol–water partition coefficient (Wildman–Crippen LogP) is 5.24. The Kier molecular flexibility index (Phi) is 8.26. The number of rotatable bonds is 7. The molecule has 2 atom stereocenters. The number of nitrogens with one attached hydrogen (secondary N) is 1. The Hall–Kier alpha value is -2.57. The number of H-pyrrole nitrogens is 1. The maximum absolute atomic E-state index is 11.0. The van der Waals surface area contributed by atoms with Gasteiger partial charge in [0, 0.05) is 33.2 Å². The molecule has 5 N–H and O–H groups in total. The van der Waals surface area contributed by atoms with Crippen LogP contribution in [0.2, 0.25) is 5.02 Å². The van der Waals surface area contributed by atoms with Crippen molar-refractivity contribution < 1.29 is 19.8 Å². The summed E-state index contributed by atoms with van der Waals surface area (Å²) < 4.78 is 0. The Morgan fingerprint density at radius 3 is 2.30 bits per heavy atom. The first-order valence-corrected chi connectivity index (χ1v) is 10.4. The second kappa shape index (κ2) is 10.5. The fourth-order valence-corrected chi connectivity index (χ4v) is 3.65. The summed E-state index contributed by atoms with van der Waals surface area (Å²) in [5.41, 5.74) is 8.13. The number of aromatic amines is 1. The van der Waals surface area contributed by atoms with Crippen LogP contribution in [0.15, 0.2) is 36.4 Å². The van der Waals surface area contributed by atoms with Crippen LogP contribution in [0.3, 0.4) is 0 Å². The van der Waals surface area contributed by atoms with Crippen molar-refractivity contribution in [3.05, 3.63) is 47.0 Å². The molecular formula is C23H29ClN2O4. The SMILES string of the molecule is CC(C(=O)O)c1ccc2c(c1)[nH]c1ccc(Cl)cc12.CC(C)C[C@H](CN)CC(=O)O. The zero-order valence-corrected chi connectivity index (χ0v) is 18.2.